The molecule has 0 radical (unpaired) electrons. The smallest absolute Gasteiger partial charge is 0.216 e. The average Bonchev–Trinajstić information content (AvgIpc) is 3.23. The molecule has 0 bridgehead atoms. The number of aromatic nitrogens is 2. The summed E-state index contributed by atoms with van der Waals surface area (Å²) in [5.41, 5.74) is 2.85. The molecule has 1 heterocycles. The van der Waals surface area contributed by atoms with Crippen LogP contribution in [0, 0.1) is 0 Å². The van der Waals surface area contributed by atoms with E-state index in [0.29, 0.717) is 23.0 Å². The van der Waals surface area contributed by atoms with Gasteiger partial charge in [0.1, 0.15) is 0 Å². The van der Waals surface area contributed by atoms with E-state index in [-0.39, 0.29) is 17.8 Å². The molecule has 1 atom stereocenters. The number of hydrogen-bond acceptors (Lipinski definition) is 7. The molecule has 8 nitrogen and oxygen atoms in total. The van der Waals surface area contributed by atoms with Gasteiger partial charge in [0.2, 0.25) is 5.91 Å². The van der Waals surface area contributed by atoms with Crippen LogP contribution in [0.5, 0.6) is 0 Å². The highest BCUT2D eigenvalue weighted by Gasteiger charge is 2.26. The van der Waals surface area contributed by atoms with E-state index in [0.717, 1.165) is 12.8 Å². The van der Waals surface area contributed by atoms with Gasteiger partial charge in [0.15, 0.2) is 16.6 Å². The Hall–Kier alpha value is -2.55. The maximum absolute atomic E-state index is 10.9. The fourth-order valence-corrected chi connectivity index (χ4v) is 3.57. The zero-order valence-electron chi connectivity index (χ0n) is 13.7. The van der Waals surface area contributed by atoms with E-state index in [9.17, 15) is 10.0 Å². The van der Waals surface area contributed by atoms with Crippen molar-refractivity contribution in [3.8, 4) is 0 Å². The number of aryl methyl sites for hydroxylation is 1. The highest BCUT2D eigenvalue weighted by molar-refractivity contribution is 7.99. The molecule has 9 heteroatoms. The van der Waals surface area contributed by atoms with E-state index in [1.165, 1.54) is 29.8 Å². The molecular weight excluding hydrogens is 342 g/mol. The highest BCUT2D eigenvalue weighted by atomic mass is 32.2. The van der Waals surface area contributed by atoms with Crippen molar-refractivity contribution >= 4 is 23.5 Å². The number of nitrogens with one attached hydrogen (secondary N) is 2. The summed E-state index contributed by atoms with van der Waals surface area (Å²) in [6.07, 6.45) is 1.89. The van der Waals surface area contributed by atoms with Crippen LogP contribution in [-0.2, 0) is 11.2 Å². The lowest BCUT2D eigenvalue weighted by Gasteiger charge is -2.15. The maximum atomic E-state index is 10.9. The van der Waals surface area contributed by atoms with Crippen LogP contribution in [-0.4, -0.2) is 39.6 Å². The molecule has 132 valence electrons. The van der Waals surface area contributed by atoms with Crippen LogP contribution in [0.3, 0.4) is 0 Å². The van der Waals surface area contributed by atoms with E-state index in [1.54, 1.807) is 0 Å². The molecule has 0 spiro atoms. The lowest BCUT2D eigenvalue weighted by atomic mass is 10.1. The van der Waals surface area contributed by atoms with Crippen LogP contribution in [0.15, 0.2) is 39.1 Å². The van der Waals surface area contributed by atoms with Crippen molar-refractivity contribution < 1.29 is 14.6 Å². The Balaban J connectivity index is 1.66. The van der Waals surface area contributed by atoms with Gasteiger partial charge in [0.25, 0.3) is 0 Å². The summed E-state index contributed by atoms with van der Waals surface area (Å²) >= 11 is 1.37. The number of hydrogen-bond donors (Lipinski definition) is 3. The Morgan fingerprint density at radius 3 is 3.08 bits per heavy atom. The van der Waals surface area contributed by atoms with Crippen LogP contribution >= 0.6 is 11.8 Å². The maximum Gasteiger partial charge on any atom is 0.216 e. The van der Waals surface area contributed by atoms with Crippen LogP contribution in [0.1, 0.15) is 36.2 Å². The SMILES string of the molecule is CC(=O)NCCSc1nonc1/C(=N\O)N[C@H]1CCc2ccccc21. The number of benzene rings is 1. The van der Waals surface area contributed by atoms with Gasteiger partial charge in [-0.25, -0.2) is 4.63 Å². The quantitative estimate of drug-likeness (QED) is 0.179. The zero-order valence-corrected chi connectivity index (χ0v) is 14.5. The lowest BCUT2D eigenvalue weighted by Crippen LogP contribution is -2.29. The van der Waals surface area contributed by atoms with E-state index in [1.807, 2.05) is 12.1 Å². The zero-order chi connectivity index (χ0) is 17.6. The van der Waals surface area contributed by atoms with E-state index in [4.69, 9.17) is 4.63 Å². The number of nitrogens with zero attached hydrogens (tertiary/aromatic N) is 3. The highest BCUT2D eigenvalue weighted by Crippen LogP contribution is 2.31. The van der Waals surface area contributed by atoms with Crippen molar-refractivity contribution in [2.75, 3.05) is 12.3 Å². The normalized spacial score (nSPS) is 16.5. The third-order valence-corrected chi connectivity index (χ3v) is 4.89. The number of carbonyl (C=O) groups is 1. The minimum atomic E-state index is -0.0849. The summed E-state index contributed by atoms with van der Waals surface area (Å²) in [7, 11) is 0. The van der Waals surface area contributed by atoms with Gasteiger partial charge in [-0.3, -0.25) is 4.79 Å². The second kappa shape index (κ2) is 8.02. The molecule has 3 N–H and O–H groups in total. The van der Waals surface area contributed by atoms with Crippen molar-refractivity contribution in [3.63, 3.8) is 0 Å². The molecule has 1 aliphatic rings. The monoisotopic (exact) mass is 361 g/mol. The number of thioether (sulfide) groups is 1. The molecule has 1 aromatic heterocycles. The molecule has 0 saturated carbocycles. The minimum absolute atomic E-state index is 0.0519. The first-order valence-electron chi connectivity index (χ1n) is 7.95. The van der Waals surface area contributed by atoms with Gasteiger partial charge in [-0.05, 0) is 34.3 Å². The Morgan fingerprint density at radius 1 is 1.44 bits per heavy atom. The number of rotatable bonds is 6. The van der Waals surface area contributed by atoms with Gasteiger partial charge >= 0.3 is 0 Å². The minimum Gasteiger partial charge on any atom is -0.409 e. The van der Waals surface area contributed by atoms with Gasteiger partial charge in [0.05, 0.1) is 6.04 Å². The van der Waals surface area contributed by atoms with Gasteiger partial charge in [-0.2, -0.15) is 0 Å². The summed E-state index contributed by atoms with van der Waals surface area (Å²) in [5.74, 6) is 0.745. The Morgan fingerprint density at radius 2 is 2.28 bits per heavy atom. The van der Waals surface area contributed by atoms with Crippen molar-refractivity contribution in [3.05, 3.63) is 41.1 Å². The summed E-state index contributed by atoms with van der Waals surface area (Å²) < 4.78 is 4.80. The molecule has 1 amide bonds. The van der Waals surface area contributed by atoms with Crippen LogP contribution in [0.25, 0.3) is 0 Å². The molecule has 3 rings (SSSR count). The van der Waals surface area contributed by atoms with Gasteiger partial charge in [-0.15, -0.1) is 0 Å². The molecule has 0 saturated heterocycles. The molecule has 2 aromatic rings. The first kappa shape index (κ1) is 17.3. The van der Waals surface area contributed by atoms with E-state index < -0.39 is 0 Å². The largest absolute Gasteiger partial charge is 0.409 e. The predicted molar refractivity (Wildman–Crippen MR) is 92.7 cm³/mol. The summed E-state index contributed by atoms with van der Waals surface area (Å²) in [4.78, 5) is 10.9. The van der Waals surface area contributed by atoms with Crippen molar-refractivity contribution in [2.45, 2.75) is 30.8 Å². The lowest BCUT2D eigenvalue weighted by molar-refractivity contribution is -0.118. The third kappa shape index (κ3) is 4.11. The number of amidine groups is 1. The first-order chi connectivity index (χ1) is 12.2. The molecular formula is C16H19N5O3S. The Labute approximate surface area is 149 Å². The predicted octanol–water partition coefficient (Wildman–Crippen LogP) is 1.71. The number of oxime groups is 1. The number of fused-ring (bicyclic) bond motifs is 1. The van der Waals surface area contributed by atoms with Crippen molar-refractivity contribution in [2.24, 2.45) is 5.16 Å². The van der Waals surface area contributed by atoms with Gasteiger partial charge in [0, 0.05) is 19.2 Å². The van der Waals surface area contributed by atoms with E-state index in [2.05, 4.69) is 38.2 Å². The Kier molecular flexibility index (Phi) is 5.54. The van der Waals surface area contributed by atoms with E-state index >= 15 is 0 Å². The molecule has 0 fully saturated rings. The fourth-order valence-electron chi connectivity index (χ4n) is 2.81. The number of carbonyl (C=O) groups excluding carboxylic acids is 1. The second-order valence-electron chi connectivity index (χ2n) is 5.63. The van der Waals surface area contributed by atoms with Gasteiger partial charge in [-0.1, -0.05) is 41.2 Å². The summed E-state index contributed by atoms with van der Waals surface area (Å²) in [5, 5.41) is 26.9. The molecule has 1 aliphatic carbocycles. The molecule has 1 aromatic carbocycles. The van der Waals surface area contributed by atoms with Crippen LogP contribution in [0.2, 0.25) is 0 Å². The standard InChI is InChI=1S/C16H19N5O3S/c1-10(22)17-8-9-25-16-14(20-24-21-16)15(19-23)18-13-7-6-11-4-2-3-5-12(11)13/h2-5,13,23H,6-9H2,1H3,(H,17,22)(H,18,19)/t13-/m0/s1. The van der Waals surface area contributed by atoms with Gasteiger partial charge < -0.3 is 15.8 Å². The molecule has 0 aliphatic heterocycles. The average molecular weight is 361 g/mol. The Bertz CT molecular complexity index is 777. The fraction of sp³-hybridized carbons (Fsp3) is 0.375. The topological polar surface area (TPSA) is 113 Å². The number of amides is 1. The van der Waals surface area contributed by atoms with Crippen LogP contribution in [0.4, 0.5) is 0 Å². The first-order valence-corrected chi connectivity index (χ1v) is 8.94. The molecule has 0 unspecified atom stereocenters. The molecule has 25 heavy (non-hydrogen) atoms. The van der Waals surface area contributed by atoms with Crippen molar-refractivity contribution in [1.82, 2.24) is 20.9 Å². The van der Waals surface area contributed by atoms with Crippen molar-refractivity contribution in [1.29, 1.82) is 0 Å². The second-order valence-corrected chi connectivity index (χ2v) is 6.72. The summed E-state index contributed by atoms with van der Waals surface area (Å²) in [6.45, 7) is 1.97. The third-order valence-electron chi connectivity index (χ3n) is 3.94. The van der Waals surface area contributed by atoms with Crippen LogP contribution < -0.4 is 10.6 Å². The summed E-state index contributed by atoms with van der Waals surface area (Å²) in [6, 6.07) is 8.24.